The van der Waals surface area contributed by atoms with Gasteiger partial charge in [0.25, 0.3) is 0 Å². The molecule has 0 aliphatic rings. The highest BCUT2D eigenvalue weighted by Crippen LogP contribution is 2.27. The van der Waals surface area contributed by atoms with Crippen LogP contribution in [0, 0.1) is 6.92 Å². The summed E-state index contributed by atoms with van der Waals surface area (Å²) in [5.74, 6) is 1.05. The van der Waals surface area contributed by atoms with Gasteiger partial charge in [-0.25, -0.2) is 0 Å². The summed E-state index contributed by atoms with van der Waals surface area (Å²) >= 11 is 6.05. The second-order valence-corrected chi connectivity index (χ2v) is 5.66. The minimum Gasteiger partial charge on any atom is -0.396 e. The van der Waals surface area contributed by atoms with Gasteiger partial charge in [-0.3, -0.25) is 4.68 Å². The molecule has 0 spiro atoms. The lowest BCUT2D eigenvalue weighted by atomic mass is 10.1. The fraction of sp³-hybridized carbons (Fsp3) is 0.312. The fourth-order valence-corrected chi connectivity index (χ4v) is 3.02. The molecule has 0 saturated carbocycles. The lowest BCUT2D eigenvalue weighted by Crippen LogP contribution is -2.04. The van der Waals surface area contributed by atoms with Gasteiger partial charge in [0, 0.05) is 35.8 Å². The van der Waals surface area contributed by atoms with E-state index in [9.17, 15) is 0 Å². The van der Waals surface area contributed by atoms with Crippen LogP contribution in [0.4, 0.5) is 0 Å². The van der Waals surface area contributed by atoms with Crippen molar-refractivity contribution in [1.29, 1.82) is 0 Å². The van der Waals surface area contributed by atoms with Crippen LogP contribution < -0.4 is 0 Å². The summed E-state index contributed by atoms with van der Waals surface area (Å²) in [6, 6.07) is 7.94. The van der Waals surface area contributed by atoms with Crippen LogP contribution in [0.5, 0.6) is 0 Å². The van der Waals surface area contributed by atoms with Crippen LogP contribution in [-0.2, 0) is 13.5 Å². The summed E-state index contributed by atoms with van der Waals surface area (Å²) in [7, 11) is 1.95. The molecule has 2 heterocycles. The first kappa shape index (κ1) is 14.2. The molecule has 0 unspecified atom stereocenters. The van der Waals surface area contributed by atoms with Gasteiger partial charge in [-0.1, -0.05) is 11.6 Å². The average Bonchev–Trinajstić information content (AvgIpc) is 2.96. The molecule has 0 bridgehead atoms. The van der Waals surface area contributed by atoms with E-state index in [1.54, 1.807) is 0 Å². The van der Waals surface area contributed by atoms with E-state index in [1.807, 2.05) is 43.0 Å². The van der Waals surface area contributed by atoms with Crippen molar-refractivity contribution < 1.29 is 5.11 Å². The molecule has 0 radical (unpaired) electrons. The highest BCUT2D eigenvalue weighted by molar-refractivity contribution is 6.31. The maximum atomic E-state index is 9.10. The summed E-state index contributed by atoms with van der Waals surface area (Å²) in [4.78, 5) is 0. The smallest absolute Gasteiger partial charge is 0.138 e. The third kappa shape index (κ3) is 2.45. The lowest BCUT2D eigenvalue weighted by molar-refractivity contribution is 0.288. The topological polar surface area (TPSA) is 43.0 Å². The summed E-state index contributed by atoms with van der Waals surface area (Å²) in [5.41, 5.74) is 3.29. The molecule has 5 heteroatoms. The predicted molar refractivity (Wildman–Crippen MR) is 85.2 cm³/mol. The second-order valence-electron chi connectivity index (χ2n) is 5.23. The number of halogens is 1. The molecule has 0 saturated heterocycles. The largest absolute Gasteiger partial charge is 0.396 e. The Bertz CT molecular complexity index is 788. The number of aliphatic hydroxyl groups is 1. The van der Waals surface area contributed by atoms with Crippen LogP contribution in [0.2, 0.25) is 5.02 Å². The van der Waals surface area contributed by atoms with E-state index in [0.717, 1.165) is 40.3 Å². The number of hydrogen-bond donors (Lipinski definition) is 1. The minimum atomic E-state index is 0.190. The van der Waals surface area contributed by atoms with Crippen LogP contribution in [0.3, 0.4) is 0 Å². The number of aromatic nitrogens is 3. The summed E-state index contributed by atoms with van der Waals surface area (Å²) in [6.07, 6.45) is 3.60. The fourth-order valence-electron chi connectivity index (χ4n) is 2.84. The lowest BCUT2D eigenvalue weighted by Gasteiger charge is -2.09. The summed E-state index contributed by atoms with van der Waals surface area (Å²) in [5, 5.41) is 15.5. The predicted octanol–water partition coefficient (Wildman–Crippen LogP) is 3.25. The van der Waals surface area contributed by atoms with Gasteiger partial charge in [-0.05, 0) is 44.0 Å². The van der Waals surface area contributed by atoms with Gasteiger partial charge in [0.05, 0.1) is 11.2 Å². The van der Waals surface area contributed by atoms with Crippen molar-refractivity contribution in [3.63, 3.8) is 0 Å². The van der Waals surface area contributed by atoms with E-state index in [-0.39, 0.29) is 6.61 Å². The Balaban J connectivity index is 2.18. The van der Waals surface area contributed by atoms with Gasteiger partial charge in [0.1, 0.15) is 5.82 Å². The molecular weight excluding hydrogens is 286 g/mol. The molecular formula is C16H18ClN3O. The number of nitrogens with zero attached hydrogens (tertiary/aromatic N) is 3. The number of hydrogen-bond acceptors (Lipinski definition) is 2. The van der Waals surface area contributed by atoms with Crippen LogP contribution in [0.25, 0.3) is 16.7 Å². The molecule has 2 aromatic heterocycles. The number of benzene rings is 1. The Labute approximate surface area is 128 Å². The number of aliphatic hydroxyl groups excluding tert-OH is 1. The van der Waals surface area contributed by atoms with E-state index < -0.39 is 0 Å². The number of aryl methyl sites for hydroxylation is 2. The summed E-state index contributed by atoms with van der Waals surface area (Å²) < 4.78 is 4.04. The van der Waals surface area contributed by atoms with Crippen molar-refractivity contribution in [1.82, 2.24) is 14.3 Å². The van der Waals surface area contributed by atoms with Gasteiger partial charge in [-0.2, -0.15) is 5.10 Å². The Morgan fingerprint density at radius 1 is 1.29 bits per heavy atom. The molecule has 0 aliphatic carbocycles. The highest BCUT2D eigenvalue weighted by Gasteiger charge is 2.16. The molecule has 1 aromatic carbocycles. The summed E-state index contributed by atoms with van der Waals surface area (Å²) in [6.45, 7) is 2.20. The van der Waals surface area contributed by atoms with Crippen LogP contribution in [-0.4, -0.2) is 26.1 Å². The van der Waals surface area contributed by atoms with Gasteiger partial charge in [-0.15, -0.1) is 0 Å². The van der Waals surface area contributed by atoms with Gasteiger partial charge >= 0.3 is 0 Å². The van der Waals surface area contributed by atoms with E-state index >= 15 is 0 Å². The van der Waals surface area contributed by atoms with Crippen molar-refractivity contribution in [2.75, 3.05) is 6.61 Å². The molecule has 110 valence electrons. The van der Waals surface area contributed by atoms with Gasteiger partial charge < -0.3 is 9.67 Å². The highest BCUT2D eigenvalue weighted by atomic mass is 35.5. The first-order valence-electron chi connectivity index (χ1n) is 7.02. The molecule has 3 aromatic rings. The van der Waals surface area contributed by atoms with E-state index in [2.05, 4.69) is 15.7 Å². The van der Waals surface area contributed by atoms with Crippen molar-refractivity contribution in [3.05, 3.63) is 46.7 Å². The number of fused-ring (bicyclic) bond motifs is 1. The molecule has 0 amide bonds. The van der Waals surface area contributed by atoms with E-state index in [0.29, 0.717) is 0 Å². The zero-order valence-corrected chi connectivity index (χ0v) is 12.9. The minimum absolute atomic E-state index is 0.190. The molecule has 0 aliphatic heterocycles. The maximum absolute atomic E-state index is 9.10. The zero-order valence-electron chi connectivity index (χ0n) is 12.2. The monoisotopic (exact) mass is 303 g/mol. The van der Waals surface area contributed by atoms with Crippen molar-refractivity contribution in [2.24, 2.45) is 7.05 Å². The zero-order chi connectivity index (χ0) is 15.0. The van der Waals surface area contributed by atoms with Gasteiger partial charge in [0.15, 0.2) is 0 Å². The Kier molecular flexibility index (Phi) is 3.74. The molecule has 3 rings (SSSR count). The average molecular weight is 304 g/mol. The third-order valence-corrected chi connectivity index (χ3v) is 4.01. The molecule has 0 fully saturated rings. The molecule has 0 atom stereocenters. The Hall–Kier alpha value is -1.78. The molecule has 4 nitrogen and oxygen atoms in total. The van der Waals surface area contributed by atoms with E-state index in [4.69, 9.17) is 16.7 Å². The third-order valence-electron chi connectivity index (χ3n) is 3.78. The van der Waals surface area contributed by atoms with Crippen molar-refractivity contribution in [3.8, 4) is 5.82 Å². The Morgan fingerprint density at radius 3 is 2.86 bits per heavy atom. The quantitative estimate of drug-likeness (QED) is 0.804. The van der Waals surface area contributed by atoms with Crippen molar-refractivity contribution in [2.45, 2.75) is 19.8 Å². The molecule has 1 N–H and O–H groups in total. The standard InChI is InChI=1S/C16H18ClN3O/c1-11-14(4-3-9-21)16(19(2)18-11)20-8-7-12-10-13(17)5-6-15(12)20/h5-8,10,21H,3-4,9H2,1-2H3. The first-order valence-corrected chi connectivity index (χ1v) is 7.40. The first-order chi connectivity index (χ1) is 10.1. The Morgan fingerprint density at radius 2 is 2.10 bits per heavy atom. The van der Waals surface area contributed by atoms with E-state index in [1.165, 1.54) is 5.56 Å². The second kappa shape index (κ2) is 5.54. The van der Waals surface area contributed by atoms with Crippen LogP contribution in [0.15, 0.2) is 30.5 Å². The van der Waals surface area contributed by atoms with Crippen LogP contribution >= 0.6 is 11.6 Å². The van der Waals surface area contributed by atoms with Crippen molar-refractivity contribution >= 4 is 22.5 Å². The maximum Gasteiger partial charge on any atom is 0.138 e. The normalized spacial score (nSPS) is 11.4. The molecule has 21 heavy (non-hydrogen) atoms. The van der Waals surface area contributed by atoms with Crippen LogP contribution in [0.1, 0.15) is 17.7 Å². The SMILES string of the molecule is Cc1nn(C)c(-n2ccc3cc(Cl)ccc32)c1CCCO. The number of rotatable bonds is 4. The van der Waals surface area contributed by atoms with Gasteiger partial charge in [0.2, 0.25) is 0 Å².